The lowest BCUT2D eigenvalue weighted by atomic mass is 10.1. The number of carbonyl (C=O) groups is 1. The quantitative estimate of drug-likeness (QED) is 0.653. The molecular weight excluding hydrogens is 407 g/mol. The van der Waals surface area contributed by atoms with E-state index in [0.29, 0.717) is 28.3 Å². The third kappa shape index (κ3) is 3.16. The number of amidine groups is 1. The van der Waals surface area contributed by atoms with Gasteiger partial charge in [0.05, 0.1) is 23.8 Å². The van der Waals surface area contributed by atoms with E-state index >= 15 is 0 Å². The molecule has 2 unspecified atom stereocenters. The van der Waals surface area contributed by atoms with Crippen LogP contribution in [0.25, 0.3) is 0 Å². The van der Waals surface area contributed by atoms with Gasteiger partial charge in [0, 0.05) is 18.0 Å². The lowest BCUT2D eigenvalue weighted by molar-refractivity contribution is -0.124. The first-order chi connectivity index (χ1) is 12.5. The summed E-state index contributed by atoms with van der Waals surface area (Å²) in [4.78, 5) is 21.1. The molecule has 136 valence electrons. The molecule has 0 saturated carbocycles. The van der Waals surface area contributed by atoms with Gasteiger partial charge in [0.2, 0.25) is 11.8 Å². The Morgan fingerprint density at radius 3 is 3.15 bits per heavy atom. The van der Waals surface area contributed by atoms with Crippen LogP contribution >= 0.6 is 15.9 Å². The van der Waals surface area contributed by atoms with Crippen molar-refractivity contribution in [2.45, 2.75) is 25.7 Å². The Bertz CT molecular complexity index is 842. The summed E-state index contributed by atoms with van der Waals surface area (Å²) >= 11 is 3.44. The molecule has 0 aliphatic carbocycles. The molecule has 3 aliphatic heterocycles. The number of halogens is 2. The van der Waals surface area contributed by atoms with E-state index in [0.717, 1.165) is 6.20 Å². The number of fused-ring (bicyclic) bond motifs is 2. The number of rotatable bonds is 0. The van der Waals surface area contributed by atoms with Crippen molar-refractivity contribution in [2.75, 3.05) is 6.54 Å². The van der Waals surface area contributed by atoms with Crippen LogP contribution < -0.4 is 15.4 Å². The number of hydrazone groups is 1. The number of pyridine rings is 1. The SMILES string of the molecule is C[C@H]1CNC(=O)C2C=NN3C=C(Br)C(=NCc4cc(F)cnc4O1)NC23. The van der Waals surface area contributed by atoms with Crippen LogP contribution in [0.1, 0.15) is 12.5 Å². The number of aromatic nitrogens is 1. The van der Waals surface area contributed by atoms with Crippen molar-refractivity contribution in [2.24, 2.45) is 16.0 Å². The zero-order valence-electron chi connectivity index (χ0n) is 13.8. The molecule has 0 radical (unpaired) electrons. The largest absolute Gasteiger partial charge is 0.473 e. The molecule has 8 nitrogen and oxygen atoms in total. The predicted octanol–water partition coefficient (Wildman–Crippen LogP) is 1.10. The first-order valence-electron chi connectivity index (χ1n) is 8.11. The van der Waals surface area contributed by atoms with Crippen molar-refractivity contribution in [1.82, 2.24) is 20.6 Å². The van der Waals surface area contributed by atoms with E-state index < -0.39 is 11.7 Å². The zero-order chi connectivity index (χ0) is 18.3. The second kappa shape index (κ2) is 6.67. The van der Waals surface area contributed by atoms with E-state index in [1.165, 1.54) is 6.07 Å². The Morgan fingerprint density at radius 2 is 2.31 bits per heavy atom. The summed E-state index contributed by atoms with van der Waals surface area (Å²) < 4.78 is 20.1. The Kier molecular flexibility index (Phi) is 4.35. The van der Waals surface area contributed by atoms with E-state index in [1.54, 1.807) is 17.4 Å². The Morgan fingerprint density at radius 1 is 1.46 bits per heavy atom. The number of aliphatic imine (C=N–C) groups is 1. The fourth-order valence-corrected chi connectivity index (χ4v) is 3.35. The first kappa shape index (κ1) is 17.0. The van der Waals surface area contributed by atoms with Crippen LogP contribution in [0.4, 0.5) is 4.39 Å². The number of ether oxygens (including phenoxy) is 1. The molecule has 26 heavy (non-hydrogen) atoms. The molecule has 4 rings (SSSR count). The third-order valence-corrected chi connectivity index (χ3v) is 4.80. The van der Waals surface area contributed by atoms with Gasteiger partial charge in [-0.05, 0) is 28.9 Å². The van der Waals surface area contributed by atoms with Gasteiger partial charge in [-0.3, -0.25) is 9.79 Å². The minimum atomic E-state index is -0.469. The number of nitrogens with zero attached hydrogens (tertiary/aromatic N) is 4. The molecule has 4 heterocycles. The summed E-state index contributed by atoms with van der Waals surface area (Å²) in [6.45, 7) is 2.28. The van der Waals surface area contributed by atoms with Gasteiger partial charge in [0.1, 0.15) is 29.8 Å². The van der Waals surface area contributed by atoms with Crippen molar-refractivity contribution >= 4 is 33.9 Å². The molecule has 0 saturated heterocycles. The van der Waals surface area contributed by atoms with Crippen LogP contribution in [-0.4, -0.2) is 46.8 Å². The molecule has 3 atom stereocenters. The van der Waals surface area contributed by atoms with Gasteiger partial charge < -0.3 is 15.4 Å². The highest BCUT2D eigenvalue weighted by molar-refractivity contribution is 9.12. The van der Waals surface area contributed by atoms with Crippen LogP contribution in [0.5, 0.6) is 5.88 Å². The highest BCUT2D eigenvalue weighted by atomic mass is 79.9. The lowest BCUT2D eigenvalue weighted by Gasteiger charge is -2.31. The van der Waals surface area contributed by atoms with Crippen LogP contribution in [0.15, 0.2) is 33.0 Å². The smallest absolute Gasteiger partial charge is 0.232 e. The molecule has 1 aromatic heterocycles. The minimum Gasteiger partial charge on any atom is -0.473 e. The summed E-state index contributed by atoms with van der Waals surface area (Å²) in [7, 11) is 0. The van der Waals surface area contributed by atoms with Gasteiger partial charge in [-0.1, -0.05) is 0 Å². The Labute approximate surface area is 157 Å². The van der Waals surface area contributed by atoms with E-state index in [2.05, 4.69) is 41.6 Å². The monoisotopic (exact) mass is 422 g/mol. The average Bonchev–Trinajstić information content (AvgIpc) is 3.01. The van der Waals surface area contributed by atoms with Crippen LogP contribution in [0.3, 0.4) is 0 Å². The molecule has 1 aromatic rings. The molecule has 3 aliphatic rings. The number of hydrogen-bond donors (Lipinski definition) is 2. The first-order valence-corrected chi connectivity index (χ1v) is 8.90. The molecule has 0 fully saturated rings. The summed E-state index contributed by atoms with van der Waals surface area (Å²) in [6, 6.07) is 1.35. The van der Waals surface area contributed by atoms with Gasteiger partial charge >= 0.3 is 0 Å². The van der Waals surface area contributed by atoms with Crippen molar-refractivity contribution in [3.05, 3.63) is 34.3 Å². The predicted molar refractivity (Wildman–Crippen MR) is 96.2 cm³/mol. The maximum atomic E-state index is 13.6. The number of hydrogen-bond acceptors (Lipinski definition) is 7. The van der Waals surface area contributed by atoms with Gasteiger partial charge in [-0.2, -0.15) is 5.10 Å². The van der Waals surface area contributed by atoms with E-state index in [-0.39, 0.29) is 24.7 Å². The fourth-order valence-electron chi connectivity index (χ4n) is 2.90. The van der Waals surface area contributed by atoms with Gasteiger partial charge in [-0.15, -0.1) is 0 Å². The van der Waals surface area contributed by atoms with E-state index in [1.807, 2.05) is 6.92 Å². The topological polar surface area (TPSA) is 91.2 Å². The van der Waals surface area contributed by atoms with Gasteiger partial charge in [0.25, 0.3) is 0 Å². The van der Waals surface area contributed by atoms with Crippen LogP contribution in [0, 0.1) is 11.7 Å². The standard InChI is InChI=1S/C16H16BrFN6O2/c1-8-3-20-15(25)11-6-22-24-7-12(17)13(23-14(11)24)19-4-9-2-10(18)5-21-16(9)26-8/h2,5-8,11,14H,3-4H2,1H3,(H,19,23)(H,20,25)/t8-,11?,14?/m0/s1. The highest BCUT2D eigenvalue weighted by Crippen LogP contribution is 2.26. The summed E-state index contributed by atoms with van der Waals surface area (Å²) in [5.74, 6) is -0.239. The third-order valence-electron chi connectivity index (χ3n) is 4.22. The number of nitrogens with one attached hydrogen (secondary N) is 2. The molecule has 0 spiro atoms. The second-order valence-electron chi connectivity index (χ2n) is 6.19. The maximum Gasteiger partial charge on any atom is 0.232 e. The zero-order valence-corrected chi connectivity index (χ0v) is 15.4. The van der Waals surface area contributed by atoms with E-state index in [9.17, 15) is 9.18 Å². The lowest BCUT2D eigenvalue weighted by Crippen LogP contribution is -2.53. The van der Waals surface area contributed by atoms with E-state index in [4.69, 9.17) is 4.74 Å². The molecular formula is C16H16BrFN6O2. The molecule has 2 N–H and O–H groups in total. The Balaban J connectivity index is 1.73. The minimum absolute atomic E-state index is 0.165. The molecule has 2 bridgehead atoms. The van der Waals surface area contributed by atoms with Crippen LogP contribution in [-0.2, 0) is 11.3 Å². The average molecular weight is 423 g/mol. The molecule has 1 amide bonds. The highest BCUT2D eigenvalue weighted by Gasteiger charge is 2.39. The summed E-state index contributed by atoms with van der Waals surface area (Å²) in [5, 5.41) is 12.0. The van der Waals surface area contributed by atoms with Crippen molar-refractivity contribution in [1.29, 1.82) is 0 Å². The number of amides is 1. The second-order valence-corrected chi connectivity index (χ2v) is 7.05. The van der Waals surface area contributed by atoms with Crippen LogP contribution in [0.2, 0.25) is 0 Å². The van der Waals surface area contributed by atoms with Gasteiger partial charge in [0.15, 0.2) is 0 Å². The maximum absolute atomic E-state index is 13.6. The summed E-state index contributed by atoms with van der Waals surface area (Å²) in [6.07, 6.45) is 3.76. The van der Waals surface area contributed by atoms with Gasteiger partial charge in [-0.25, -0.2) is 14.4 Å². The molecule has 0 aromatic carbocycles. The Hall–Kier alpha value is -2.49. The number of carbonyl (C=O) groups excluding carboxylic acids is 1. The van der Waals surface area contributed by atoms with Crippen molar-refractivity contribution < 1.29 is 13.9 Å². The normalized spacial score (nSPS) is 27.6. The van der Waals surface area contributed by atoms with Crippen molar-refractivity contribution in [3.8, 4) is 5.88 Å². The summed E-state index contributed by atoms with van der Waals surface area (Å²) in [5.41, 5.74) is 0.527. The molecule has 10 heteroatoms. The fraction of sp³-hybridized carbons (Fsp3) is 0.375. The van der Waals surface area contributed by atoms with Crippen molar-refractivity contribution in [3.63, 3.8) is 0 Å².